The van der Waals surface area contributed by atoms with Gasteiger partial charge in [0.2, 0.25) is 0 Å². The van der Waals surface area contributed by atoms with E-state index in [-0.39, 0.29) is 13.2 Å². The third-order valence-corrected chi connectivity index (χ3v) is 4.62. The molecule has 0 spiro atoms. The minimum atomic E-state index is -0.718. The first-order valence-electron chi connectivity index (χ1n) is 10.5. The number of aliphatic hydroxyl groups excluding tert-OH is 2. The number of hydrogen-bond donors (Lipinski definition) is 4. The van der Waals surface area contributed by atoms with Crippen molar-refractivity contribution < 1.29 is 19.7 Å². The summed E-state index contributed by atoms with van der Waals surface area (Å²) in [5.74, 6) is 0.939. The number of aliphatic hydroxyl groups is 2. The lowest BCUT2D eigenvalue weighted by molar-refractivity contribution is 0.103. The fourth-order valence-electron chi connectivity index (χ4n) is 2.89. The van der Waals surface area contributed by atoms with Gasteiger partial charge in [0.25, 0.3) is 0 Å². The fraction of sp³-hybridized carbons (Fsp3) is 0.417. The molecule has 0 heterocycles. The Morgan fingerprint density at radius 3 is 1.56 bits per heavy atom. The van der Waals surface area contributed by atoms with Gasteiger partial charge in [-0.3, -0.25) is 0 Å². The lowest BCUT2D eigenvalue weighted by Crippen LogP contribution is -2.38. The van der Waals surface area contributed by atoms with Gasteiger partial charge in [-0.2, -0.15) is 10.5 Å². The summed E-state index contributed by atoms with van der Waals surface area (Å²) in [7, 11) is 0. The zero-order valence-corrected chi connectivity index (χ0v) is 18.5. The maximum absolute atomic E-state index is 10.1. The topological polar surface area (TPSA) is 131 Å². The monoisotopic (exact) mass is 438 g/mol. The van der Waals surface area contributed by atoms with Gasteiger partial charge in [0.1, 0.15) is 49.1 Å². The second kappa shape index (κ2) is 13.3. The Labute approximate surface area is 189 Å². The summed E-state index contributed by atoms with van der Waals surface area (Å²) < 4.78 is 11.1. The van der Waals surface area contributed by atoms with Gasteiger partial charge in [0.05, 0.1) is 11.1 Å². The average Bonchev–Trinajstić information content (AvgIpc) is 2.78. The molecule has 0 amide bonds. The highest BCUT2D eigenvalue weighted by atomic mass is 16.5. The molecule has 0 aliphatic carbocycles. The second-order valence-corrected chi connectivity index (χ2v) is 7.56. The van der Waals surface area contributed by atoms with Gasteiger partial charge >= 0.3 is 0 Å². The normalized spacial score (nSPS) is 12.4. The molecular weight excluding hydrogens is 408 g/mol. The zero-order valence-electron chi connectivity index (χ0n) is 18.5. The van der Waals surface area contributed by atoms with Crippen LogP contribution < -0.4 is 20.1 Å². The van der Waals surface area contributed by atoms with Gasteiger partial charge in [-0.25, -0.2) is 0 Å². The molecule has 4 N–H and O–H groups in total. The molecule has 0 saturated carbocycles. The molecule has 0 saturated heterocycles. The van der Waals surface area contributed by atoms with Crippen molar-refractivity contribution in [3.8, 4) is 23.6 Å². The van der Waals surface area contributed by atoms with Gasteiger partial charge in [-0.15, -0.1) is 0 Å². The Morgan fingerprint density at radius 2 is 1.19 bits per heavy atom. The fourth-order valence-corrected chi connectivity index (χ4v) is 2.89. The van der Waals surface area contributed by atoms with Crippen LogP contribution in [0.15, 0.2) is 36.4 Å². The predicted octanol–water partition coefficient (Wildman–Crippen LogP) is 1.41. The van der Waals surface area contributed by atoms with E-state index in [1.165, 1.54) is 0 Å². The van der Waals surface area contributed by atoms with Crippen molar-refractivity contribution in [3.05, 3.63) is 58.7 Å². The molecule has 0 radical (unpaired) electrons. The molecule has 32 heavy (non-hydrogen) atoms. The van der Waals surface area contributed by atoms with Crippen LogP contribution in [0.2, 0.25) is 0 Å². The molecule has 0 fully saturated rings. The Balaban J connectivity index is 1.57. The van der Waals surface area contributed by atoms with E-state index >= 15 is 0 Å². The van der Waals surface area contributed by atoms with E-state index in [1.807, 2.05) is 26.0 Å². The number of nitriles is 2. The molecule has 0 bridgehead atoms. The molecule has 2 aromatic rings. The number of nitrogens with one attached hydrogen (secondary N) is 2. The van der Waals surface area contributed by atoms with Gasteiger partial charge < -0.3 is 30.3 Å². The van der Waals surface area contributed by atoms with E-state index in [1.54, 1.807) is 24.3 Å². The number of benzene rings is 2. The first-order valence-corrected chi connectivity index (χ1v) is 10.5. The third kappa shape index (κ3) is 8.54. The van der Waals surface area contributed by atoms with Crippen LogP contribution in [-0.2, 0) is 0 Å². The van der Waals surface area contributed by atoms with Crippen LogP contribution in [-0.4, -0.2) is 61.8 Å². The molecule has 2 rings (SSSR count). The minimum absolute atomic E-state index is 0.0816. The van der Waals surface area contributed by atoms with Crippen molar-refractivity contribution in [1.29, 1.82) is 10.5 Å². The first-order chi connectivity index (χ1) is 15.4. The number of aryl methyl sites for hydroxylation is 2. The van der Waals surface area contributed by atoms with E-state index in [0.717, 1.165) is 11.1 Å². The summed E-state index contributed by atoms with van der Waals surface area (Å²) >= 11 is 0. The number of rotatable bonds is 13. The van der Waals surface area contributed by atoms with E-state index in [2.05, 4.69) is 22.8 Å². The molecule has 0 aromatic heterocycles. The van der Waals surface area contributed by atoms with Crippen molar-refractivity contribution >= 4 is 0 Å². The number of nitrogens with zero attached hydrogens (tertiary/aromatic N) is 2. The van der Waals surface area contributed by atoms with Crippen molar-refractivity contribution in [2.45, 2.75) is 26.1 Å². The lowest BCUT2D eigenvalue weighted by Gasteiger charge is -2.16. The second-order valence-electron chi connectivity index (χ2n) is 7.56. The molecule has 2 atom stereocenters. The van der Waals surface area contributed by atoms with E-state index in [9.17, 15) is 10.2 Å². The van der Waals surface area contributed by atoms with E-state index in [0.29, 0.717) is 48.8 Å². The van der Waals surface area contributed by atoms with Gasteiger partial charge in [-0.1, -0.05) is 12.1 Å². The molecule has 0 aliphatic rings. The maximum atomic E-state index is 10.1. The van der Waals surface area contributed by atoms with E-state index in [4.69, 9.17) is 20.0 Å². The first kappa shape index (κ1) is 25.1. The zero-order chi connectivity index (χ0) is 23.3. The van der Waals surface area contributed by atoms with Crippen molar-refractivity contribution in [2.24, 2.45) is 0 Å². The molecule has 170 valence electrons. The molecule has 8 heteroatoms. The van der Waals surface area contributed by atoms with Crippen molar-refractivity contribution in [3.63, 3.8) is 0 Å². The van der Waals surface area contributed by atoms with Gasteiger partial charge in [-0.05, 0) is 49.2 Å². The summed E-state index contributed by atoms with van der Waals surface area (Å²) in [4.78, 5) is 0. The van der Waals surface area contributed by atoms with Crippen LogP contribution in [0.25, 0.3) is 0 Å². The minimum Gasteiger partial charge on any atom is -0.489 e. The highest BCUT2D eigenvalue weighted by Gasteiger charge is 2.10. The highest BCUT2D eigenvalue weighted by molar-refractivity contribution is 5.45. The Bertz CT molecular complexity index is 874. The summed E-state index contributed by atoms with van der Waals surface area (Å²) in [6, 6.07) is 14.8. The summed E-state index contributed by atoms with van der Waals surface area (Å²) in [6.45, 7) is 5.85. The third-order valence-electron chi connectivity index (χ3n) is 4.62. The van der Waals surface area contributed by atoms with Crippen LogP contribution in [0.4, 0.5) is 0 Å². The summed E-state index contributed by atoms with van der Waals surface area (Å²) in [5, 5.41) is 44.6. The average molecular weight is 439 g/mol. The lowest BCUT2D eigenvalue weighted by atomic mass is 10.1. The Morgan fingerprint density at radius 1 is 0.781 bits per heavy atom. The van der Waals surface area contributed by atoms with Crippen LogP contribution in [0.3, 0.4) is 0 Å². The number of hydrogen-bond acceptors (Lipinski definition) is 8. The smallest absolute Gasteiger partial charge is 0.137 e. The Hall–Kier alpha value is -3.14. The molecule has 8 nitrogen and oxygen atoms in total. The summed E-state index contributed by atoms with van der Waals surface area (Å²) in [6.07, 6.45) is -1.44. The predicted molar refractivity (Wildman–Crippen MR) is 121 cm³/mol. The SMILES string of the molecule is Cc1ccc(C#N)c(OCC(O)CNCCNCC(O)COc2cc(C)ccc2C#N)c1. The van der Waals surface area contributed by atoms with Gasteiger partial charge in [0.15, 0.2) is 0 Å². The van der Waals surface area contributed by atoms with Crippen molar-refractivity contribution in [1.82, 2.24) is 10.6 Å². The standard InChI is InChI=1S/C24H30N4O4/c1-17-3-5-19(11-25)23(9-17)31-15-21(29)13-27-7-8-28-14-22(30)16-32-24-10-18(2)4-6-20(24)12-26/h3-6,9-10,21-22,27-30H,7-8,13-16H2,1-2H3. The summed E-state index contributed by atoms with van der Waals surface area (Å²) in [5.41, 5.74) is 2.84. The quantitative estimate of drug-likeness (QED) is 0.345. The number of ether oxygens (including phenoxy) is 2. The van der Waals surface area contributed by atoms with Crippen LogP contribution in [0.1, 0.15) is 22.3 Å². The van der Waals surface area contributed by atoms with Crippen molar-refractivity contribution in [2.75, 3.05) is 39.4 Å². The van der Waals surface area contributed by atoms with Crippen LogP contribution in [0, 0.1) is 36.5 Å². The maximum Gasteiger partial charge on any atom is 0.137 e. The van der Waals surface area contributed by atoms with E-state index < -0.39 is 12.2 Å². The molecule has 0 aliphatic heterocycles. The van der Waals surface area contributed by atoms with Gasteiger partial charge in [0, 0.05) is 26.2 Å². The van der Waals surface area contributed by atoms with Crippen LogP contribution >= 0.6 is 0 Å². The molecular formula is C24H30N4O4. The largest absolute Gasteiger partial charge is 0.489 e. The van der Waals surface area contributed by atoms with Crippen LogP contribution in [0.5, 0.6) is 11.5 Å². The Kier molecular flexibility index (Phi) is 10.5. The highest BCUT2D eigenvalue weighted by Crippen LogP contribution is 2.20. The molecule has 2 unspecified atom stereocenters. The molecule has 2 aromatic carbocycles.